The highest BCUT2D eigenvalue weighted by Gasteiger charge is 2.30. The zero-order valence-electron chi connectivity index (χ0n) is 17.0. The van der Waals surface area contributed by atoms with Gasteiger partial charge >= 0.3 is 0 Å². The molecule has 2 aromatic heterocycles. The predicted molar refractivity (Wildman–Crippen MR) is 104 cm³/mol. The van der Waals surface area contributed by atoms with Crippen molar-refractivity contribution in [2.75, 3.05) is 33.4 Å². The van der Waals surface area contributed by atoms with E-state index in [1.54, 1.807) is 18.7 Å². The van der Waals surface area contributed by atoms with Crippen LogP contribution in [0.25, 0.3) is 0 Å². The Hall–Kier alpha value is -3.18. The Bertz CT molecular complexity index is 967. The standard InChI is InChI=1S/C19H24N8O3/c1-14-20-21-16(30-14)12-25(2)17(28)13-27-19(22-23-24-27)18(15-6-4-3-5-7-15)26-8-10-29-11-9-26/h3-7,18H,8-13H2,1-2H3/t18-/m1/s1. The molecule has 30 heavy (non-hydrogen) atoms. The number of nitrogens with zero attached hydrogens (tertiary/aromatic N) is 8. The summed E-state index contributed by atoms with van der Waals surface area (Å²) >= 11 is 0. The molecule has 1 amide bonds. The van der Waals surface area contributed by atoms with Gasteiger partial charge < -0.3 is 14.1 Å². The molecule has 11 heteroatoms. The average molecular weight is 412 g/mol. The Morgan fingerprint density at radius 2 is 1.93 bits per heavy atom. The van der Waals surface area contributed by atoms with Gasteiger partial charge in [0.05, 0.1) is 25.8 Å². The number of aromatic nitrogens is 6. The second kappa shape index (κ2) is 9.09. The Balaban J connectivity index is 1.54. The Morgan fingerprint density at radius 3 is 2.63 bits per heavy atom. The molecule has 0 unspecified atom stereocenters. The first kappa shape index (κ1) is 20.1. The van der Waals surface area contributed by atoms with Crippen LogP contribution in [-0.4, -0.2) is 79.5 Å². The Morgan fingerprint density at radius 1 is 1.17 bits per heavy atom. The largest absolute Gasteiger partial charge is 0.424 e. The third-order valence-corrected chi connectivity index (χ3v) is 4.98. The number of likely N-dealkylation sites (N-methyl/N-ethyl adjacent to an activating group) is 1. The van der Waals surface area contributed by atoms with Gasteiger partial charge in [-0.05, 0) is 16.0 Å². The molecule has 0 N–H and O–H groups in total. The first-order valence-corrected chi connectivity index (χ1v) is 9.77. The molecule has 0 saturated carbocycles. The van der Waals surface area contributed by atoms with Gasteiger partial charge in [-0.1, -0.05) is 30.3 Å². The van der Waals surface area contributed by atoms with Crippen molar-refractivity contribution in [3.05, 3.63) is 53.5 Å². The van der Waals surface area contributed by atoms with Crippen molar-refractivity contribution in [1.82, 2.24) is 40.2 Å². The topological polar surface area (TPSA) is 115 Å². The van der Waals surface area contributed by atoms with Gasteiger partial charge in [0, 0.05) is 27.1 Å². The Kier molecular flexibility index (Phi) is 6.10. The van der Waals surface area contributed by atoms with E-state index in [1.165, 1.54) is 4.90 Å². The fourth-order valence-electron chi connectivity index (χ4n) is 3.46. The molecule has 3 heterocycles. The SMILES string of the molecule is Cc1nnc(CN(C)C(=O)Cn2nnnc2[C@@H](c2ccccc2)N2CCOCC2)o1. The monoisotopic (exact) mass is 412 g/mol. The van der Waals surface area contributed by atoms with E-state index in [2.05, 4.69) is 30.6 Å². The first-order chi connectivity index (χ1) is 14.6. The van der Waals surface area contributed by atoms with Crippen molar-refractivity contribution in [1.29, 1.82) is 0 Å². The summed E-state index contributed by atoms with van der Waals surface area (Å²) in [7, 11) is 1.68. The number of carbonyl (C=O) groups excluding carboxylic acids is 1. The lowest BCUT2D eigenvalue weighted by molar-refractivity contribution is -0.131. The van der Waals surface area contributed by atoms with Crippen molar-refractivity contribution < 1.29 is 13.9 Å². The quantitative estimate of drug-likeness (QED) is 0.545. The number of tetrazole rings is 1. The van der Waals surface area contributed by atoms with Crippen LogP contribution in [0.5, 0.6) is 0 Å². The number of amides is 1. The molecule has 1 atom stereocenters. The number of benzene rings is 1. The van der Waals surface area contributed by atoms with Crippen LogP contribution in [0.4, 0.5) is 0 Å². The van der Waals surface area contributed by atoms with Gasteiger partial charge in [0.25, 0.3) is 0 Å². The van der Waals surface area contributed by atoms with Crippen LogP contribution in [0, 0.1) is 6.92 Å². The predicted octanol–water partition coefficient (Wildman–Crippen LogP) is 0.445. The molecule has 158 valence electrons. The molecular weight excluding hydrogens is 388 g/mol. The molecule has 1 aromatic carbocycles. The molecule has 0 spiro atoms. The van der Waals surface area contributed by atoms with E-state index in [0.29, 0.717) is 30.8 Å². The molecule has 0 bridgehead atoms. The minimum Gasteiger partial charge on any atom is -0.424 e. The van der Waals surface area contributed by atoms with Crippen LogP contribution in [0.2, 0.25) is 0 Å². The molecule has 1 fully saturated rings. The van der Waals surface area contributed by atoms with Gasteiger partial charge in [-0.2, -0.15) is 0 Å². The minimum absolute atomic E-state index is 0.0135. The minimum atomic E-state index is -0.165. The van der Waals surface area contributed by atoms with Crippen LogP contribution >= 0.6 is 0 Å². The van der Waals surface area contributed by atoms with Gasteiger partial charge in [0.1, 0.15) is 6.54 Å². The van der Waals surface area contributed by atoms with Crippen LogP contribution in [0.15, 0.2) is 34.7 Å². The zero-order chi connectivity index (χ0) is 20.9. The van der Waals surface area contributed by atoms with Gasteiger partial charge in [-0.15, -0.1) is 15.3 Å². The van der Waals surface area contributed by atoms with E-state index >= 15 is 0 Å². The molecule has 11 nitrogen and oxygen atoms in total. The fourth-order valence-corrected chi connectivity index (χ4v) is 3.46. The van der Waals surface area contributed by atoms with Gasteiger partial charge in [-0.25, -0.2) is 4.68 Å². The lowest BCUT2D eigenvalue weighted by Crippen LogP contribution is -2.41. The summed E-state index contributed by atoms with van der Waals surface area (Å²) < 4.78 is 12.4. The highest BCUT2D eigenvalue weighted by molar-refractivity contribution is 5.75. The lowest BCUT2D eigenvalue weighted by Gasteiger charge is -2.33. The summed E-state index contributed by atoms with van der Waals surface area (Å²) in [5.41, 5.74) is 1.07. The molecule has 1 aliphatic heterocycles. The molecule has 1 saturated heterocycles. The van der Waals surface area contributed by atoms with Crippen molar-refractivity contribution >= 4 is 5.91 Å². The van der Waals surface area contributed by atoms with E-state index < -0.39 is 0 Å². The van der Waals surface area contributed by atoms with Crippen LogP contribution in [0.3, 0.4) is 0 Å². The van der Waals surface area contributed by atoms with Gasteiger partial charge in [-0.3, -0.25) is 9.69 Å². The molecule has 0 radical (unpaired) electrons. The number of aryl methyl sites for hydroxylation is 1. The number of hydrogen-bond acceptors (Lipinski definition) is 9. The van der Waals surface area contributed by atoms with Gasteiger partial charge in [0.15, 0.2) is 5.82 Å². The summed E-state index contributed by atoms with van der Waals surface area (Å²) in [5.74, 6) is 1.31. The number of morpholine rings is 1. The third-order valence-electron chi connectivity index (χ3n) is 4.98. The average Bonchev–Trinajstić information content (AvgIpc) is 3.38. The Labute approximate surface area is 173 Å². The van der Waals surface area contributed by atoms with E-state index in [1.807, 2.05) is 30.3 Å². The molecule has 3 aromatic rings. The lowest BCUT2D eigenvalue weighted by atomic mass is 10.0. The maximum atomic E-state index is 12.8. The number of rotatable bonds is 7. The van der Waals surface area contributed by atoms with Crippen molar-refractivity contribution in [2.45, 2.75) is 26.1 Å². The molecule has 4 rings (SSSR count). The maximum absolute atomic E-state index is 12.8. The zero-order valence-corrected chi connectivity index (χ0v) is 17.0. The highest BCUT2D eigenvalue weighted by atomic mass is 16.5. The maximum Gasteiger partial charge on any atom is 0.244 e. The van der Waals surface area contributed by atoms with Crippen LogP contribution < -0.4 is 0 Å². The molecular formula is C19H24N8O3. The number of hydrogen-bond donors (Lipinski definition) is 0. The second-order valence-corrected chi connectivity index (χ2v) is 7.12. The highest BCUT2D eigenvalue weighted by Crippen LogP contribution is 2.27. The number of ether oxygens (including phenoxy) is 1. The van der Waals surface area contributed by atoms with E-state index in [4.69, 9.17) is 9.15 Å². The van der Waals surface area contributed by atoms with Crippen molar-refractivity contribution in [3.63, 3.8) is 0 Å². The molecule has 1 aliphatic rings. The summed E-state index contributed by atoms with van der Waals surface area (Å²) in [6.07, 6.45) is 0. The number of carbonyl (C=O) groups is 1. The van der Waals surface area contributed by atoms with Gasteiger partial charge in [0.2, 0.25) is 17.7 Å². The van der Waals surface area contributed by atoms with Crippen LogP contribution in [0.1, 0.15) is 29.2 Å². The summed E-state index contributed by atoms with van der Waals surface area (Å²) in [4.78, 5) is 16.6. The fraction of sp³-hybridized carbons (Fsp3) is 0.474. The third kappa shape index (κ3) is 4.52. The van der Waals surface area contributed by atoms with E-state index in [-0.39, 0.29) is 25.0 Å². The summed E-state index contributed by atoms with van der Waals surface area (Å²) in [5, 5.41) is 19.9. The van der Waals surface area contributed by atoms with Crippen LogP contribution in [-0.2, 0) is 22.6 Å². The molecule has 0 aliphatic carbocycles. The smallest absolute Gasteiger partial charge is 0.244 e. The first-order valence-electron chi connectivity index (χ1n) is 9.77. The normalized spacial score (nSPS) is 15.8. The summed E-state index contributed by atoms with van der Waals surface area (Å²) in [6.45, 7) is 4.77. The van der Waals surface area contributed by atoms with Crippen molar-refractivity contribution in [2.24, 2.45) is 0 Å². The van der Waals surface area contributed by atoms with E-state index in [9.17, 15) is 4.79 Å². The second-order valence-electron chi connectivity index (χ2n) is 7.12. The van der Waals surface area contributed by atoms with Crippen molar-refractivity contribution in [3.8, 4) is 0 Å². The van der Waals surface area contributed by atoms with E-state index in [0.717, 1.165) is 18.7 Å². The summed E-state index contributed by atoms with van der Waals surface area (Å²) in [6, 6.07) is 9.88.